The molecule has 6 heterocycles. The van der Waals surface area contributed by atoms with Gasteiger partial charge in [0.2, 0.25) is 11.8 Å². The Morgan fingerprint density at radius 3 is 2.00 bits per heavy atom. The number of carbonyl (C=O) groups excluding carboxylic acids is 5. The van der Waals surface area contributed by atoms with Crippen molar-refractivity contribution in [2.75, 3.05) is 80.1 Å². The number of anilines is 3. The minimum atomic E-state index is -2.69. The highest BCUT2D eigenvalue weighted by atomic mass is 19.3. The van der Waals surface area contributed by atoms with E-state index in [9.17, 15) is 38.0 Å². The molecule has 60 heavy (non-hydrogen) atoms. The molecule has 13 nitrogen and oxygen atoms in total. The molecule has 15 heteroatoms. The highest BCUT2D eigenvalue weighted by molar-refractivity contribution is 6.23. The summed E-state index contributed by atoms with van der Waals surface area (Å²) in [4.78, 5) is 76.4. The van der Waals surface area contributed by atoms with Crippen LogP contribution >= 0.6 is 0 Å². The lowest BCUT2D eigenvalue weighted by Gasteiger charge is -2.43. The molecule has 3 aromatic carbocycles. The minimum absolute atomic E-state index is 0.0251. The van der Waals surface area contributed by atoms with Crippen molar-refractivity contribution < 1.29 is 32.8 Å². The maximum Gasteiger partial charge on any atom is 0.265 e. The lowest BCUT2D eigenvalue weighted by atomic mass is 9.77. The molecule has 6 aliphatic rings. The molecule has 0 aromatic heterocycles. The molecule has 0 saturated carbocycles. The molecule has 9 rings (SSSR count). The van der Waals surface area contributed by atoms with Crippen LogP contribution in [0.5, 0.6) is 0 Å². The number of amides is 5. The van der Waals surface area contributed by atoms with Crippen LogP contribution in [0.1, 0.15) is 93.6 Å². The fourth-order valence-corrected chi connectivity index (χ4v) is 10.3. The molecule has 5 saturated heterocycles. The van der Waals surface area contributed by atoms with E-state index in [1.807, 2.05) is 41.3 Å². The van der Waals surface area contributed by atoms with E-state index in [1.165, 1.54) is 12.1 Å². The molecule has 0 aliphatic carbocycles. The Bertz CT molecular complexity index is 2260. The molecule has 0 bridgehead atoms. The van der Waals surface area contributed by atoms with E-state index in [0.717, 1.165) is 106 Å². The smallest absolute Gasteiger partial charge is 0.265 e. The van der Waals surface area contributed by atoms with Crippen LogP contribution < -0.4 is 20.0 Å². The van der Waals surface area contributed by atoms with Gasteiger partial charge < -0.3 is 19.6 Å². The summed E-state index contributed by atoms with van der Waals surface area (Å²) in [5.74, 6) is -1.99. The molecule has 1 spiro atoms. The Morgan fingerprint density at radius 1 is 0.717 bits per heavy atom. The fourth-order valence-electron chi connectivity index (χ4n) is 10.3. The predicted molar refractivity (Wildman–Crippen MR) is 219 cm³/mol. The van der Waals surface area contributed by atoms with Gasteiger partial charge in [0.05, 0.1) is 22.8 Å². The molecular formula is C45H48F2N8O5. The number of alkyl halides is 2. The highest BCUT2D eigenvalue weighted by Gasteiger charge is 2.45. The van der Waals surface area contributed by atoms with Crippen molar-refractivity contribution in [1.29, 1.82) is 5.26 Å². The van der Waals surface area contributed by atoms with Gasteiger partial charge in [0.25, 0.3) is 24.1 Å². The molecule has 5 amide bonds. The van der Waals surface area contributed by atoms with Gasteiger partial charge in [-0.25, -0.2) is 8.78 Å². The second-order valence-corrected chi connectivity index (χ2v) is 17.1. The molecular weight excluding hydrogens is 771 g/mol. The SMILES string of the molecule is N#Cc1ccc(N2CCC3(CCN(c4ccc(C(=O)N5CCN(C6CCN(c7ccc8c(c7)C(=O)N(C7CCC(=O)NC7=O)C8=O)CC6)CC5)cc4)CC3)C2)cc1C(F)F. The average Bonchev–Trinajstić information content (AvgIpc) is 3.80. The number of fused-ring (bicyclic) bond motifs is 1. The van der Waals surface area contributed by atoms with Gasteiger partial charge in [-0.2, -0.15) is 5.26 Å². The van der Waals surface area contributed by atoms with E-state index in [0.29, 0.717) is 24.7 Å². The Morgan fingerprint density at radius 2 is 1.33 bits per heavy atom. The van der Waals surface area contributed by atoms with Gasteiger partial charge in [-0.3, -0.25) is 39.1 Å². The van der Waals surface area contributed by atoms with E-state index in [4.69, 9.17) is 0 Å². The zero-order valence-electron chi connectivity index (χ0n) is 33.5. The van der Waals surface area contributed by atoms with E-state index in [-0.39, 0.29) is 46.4 Å². The quantitative estimate of drug-likeness (QED) is 0.330. The summed E-state index contributed by atoms with van der Waals surface area (Å²) in [6.07, 6.45) is 2.37. The third-order valence-electron chi connectivity index (χ3n) is 13.9. The van der Waals surface area contributed by atoms with Crippen molar-refractivity contribution in [3.8, 4) is 6.07 Å². The number of piperazine rings is 1. The first kappa shape index (κ1) is 39.6. The summed E-state index contributed by atoms with van der Waals surface area (Å²) in [6.45, 7) is 7.87. The number of carbonyl (C=O) groups is 5. The molecule has 1 unspecified atom stereocenters. The molecule has 3 aromatic rings. The van der Waals surface area contributed by atoms with E-state index in [2.05, 4.69) is 24.9 Å². The first-order valence-electron chi connectivity index (χ1n) is 21.1. The van der Waals surface area contributed by atoms with E-state index >= 15 is 0 Å². The van der Waals surface area contributed by atoms with Crippen molar-refractivity contribution in [2.24, 2.45) is 5.41 Å². The van der Waals surface area contributed by atoms with Crippen LogP contribution in [0.4, 0.5) is 25.8 Å². The van der Waals surface area contributed by atoms with Gasteiger partial charge in [-0.05, 0) is 105 Å². The van der Waals surface area contributed by atoms with Gasteiger partial charge in [0, 0.05) is 106 Å². The number of rotatable bonds is 7. The summed E-state index contributed by atoms with van der Waals surface area (Å²) in [5, 5.41) is 11.5. The average molecular weight is 819 g/mol. The van der Waals surface area contributed by atoms with Crippen molar-refractivity contribution in [3.63, 3.8) is 0 Å². The van der Waals surface area contributed by atoms with Crippen LogP contribution in [0, 0.1) is 16.7 Å². The van der Waals surface area contributed by atoms with Crippen molar-refractivity contribution in [1.82, 2.24) is 20.0 Å². The normalized spacial score (nSPS) is 22.5. The third-order valence-corrected chi connectivity index (χ3v) is 13.9. The molecule has 1 atom stereocenters. The maximum atomic E-state index is 13.6. The topological polar surface area (TPSA) is 141 Å². The van der Waals surface area contributed by atoms with E-state index in [1.54, 1.807) is 18.2 Å². The second-order valence-electron chi connectivity index (χ2n) is 17.1. The summed E-state index contributed by atoms with van der Waals surface area (Å²) in [6, 6.07) is 19.3. The number of piperidine rings is 3. The lowest BCUT2D eigenvalue weighted by Crippen LogP contribution is -2.54. The van der Waals surface area contributed by atoms with Gasteiger partial charge in [-0.1, -0.05) is 0 Å². The fraction of sp³-hybridized carbons (Fsp3) is 0.467. The number of hydrogen-bond donors (Lipinski definition) is 1. The Balaban J connectivity index is 0.731. The number of imide groups is 2. The number of hydrogen-bond acceptors (Lipinski definition) is 10. The van der Waals surface area contributed by atoms with E-state index < -0.39 is 36.1 Å². The van der Waals surface area contributed by atoms with Crippen LogP contribution in [-0.4, -0.2) is 122 Å². The Labute approximate surface area is 347 Å². The monoisotopic (exact) mass is 818 g/mol. The van der Waals surface area contributed by atoms with Gasteiger partial charge in [-0.15, -0.1) is 0 Å². The van der Waals surface area contributed by atoms with Crippen LogP contribution in [-0.2, 0) is 9.59 Å². The summed E-state index contributed by atoms with van der Waals surface area (Å²) < 4.78 is 27.2. The minimum Gasteiger partial charge on any atom is -0.371 e. The molecule has 0 radical (unpaired) electrons. The lowest BCUT2D eigenvalue weighted by molar-refractivity contribution is -0.136. The van der Waals surface area contributed by atoms with Crippen molar-refractivity contribution in [2.45, 2.75) is 63.5 Å². The maximum absolute atomic E-state index is 13.6. The van der Waals surface area contributed by atoms with Crippen molar-refractivity contribution >= 4 is 46.6 Å². The first-order valence-corrected chi connectivity index (χ1v) is 21.1. The number of nitrogens with zero attached hydrogens (tertiary/aromatic N) is 7. The van der Waals surface area contributed by atoms with Crippen LogP contribution in [0.15, 0.2) is 60.7 Å². The third kappa shape index (κ3) is 7.35. The summed E-state index contributed by atoms with van der Waals surface area (Å²) >= 11 is 0. The molecule has 312 valence electrons. The number of benzene rings is 3. The molecule has 1 N–H and O–H groups in total. The molecule has 6 aliphatic heterocycles. The highest BCUT2D eigenvalue weighted by Crippen LogP contribution is 2.43. The van der Waals surface area contributed by atoms with Crippen LogP contribution in [0.25, 0.3) is 0 Å². The second kappa shape index (κ2) is 15.9. The standard InChI is InChI=1S/C45H48F2N8O5/c46-40(47)36-25-34(6-3-30(36)27-48)54-20-15-45(28-54)13-18-51(19-14-45)31-4-1-29(2-5-31)42(58)53-23-21-52(22-24-53)32-11-16-50(17-12-32)33-7-8-35-37(26-33)44(60)55(43(35)59)38-9-10-39(56)49-41(38)57/h1-8,25-26,32,38,40H,9-24,28H2,(H,49,56,57). The predicted octanol–water partition coefficient (Wildman–Crippen LogP) is 4.82. The van der Waals surface area contributed by atoms with Gasteiger partial charge in [0.15, 0.2) is 0 Å². The van der Waals surface area contributed by atoms with Gasteiger partial charge in [0.1, 0.15) is 6.04 Å². The number of nitriles is 1. The zero-order valence-corrected chi connectivity index (χ0v) is 33.5. The van der Waals surface area contributed by atoms with Crippen molar-refractivity contribution in [3.05, 3.63) is 88.5 Å². The number of halogens is 2. The van der Waals surface area contributed by atoms with Gasteiger partial charge >= 0.3 is 0 Å². The summed E-state index contributed by atoms with van der Waals surface area (Å²) in [5.41, 5.74) is 3.90. The largest absolute Gasteiger partial charge is 0.371 e. The zero-order chi connectivity index (χ0) is 41.7. The molecule has 5 fully saturated rings. The number of nitrogens with one attached hydrogen (secondary N) is 1. The summed E-state index contributed by atoms with van der Waals surface area (Å²) in [7, 11) is 0. The Kier molecular flexibility index (Phi) is 10.5. The van der Waals surface area contributed by atoms with Crippen LogP contribution in [0.2, 0.25) is 0 Å². The first-order chi connectivity index (χ1) is 29.0. The Hall–Kier alpha value is -5.88. The van der Waals surface area contributed by atoms with Crippen LogP contribution in [0.3, 0.4) is 0 Å².